The van der Waals surface area contributed by atoms with E-state index in [1.807, 2.05) is 28.0 Å². The number of thiophene rings is 1. The van der Waals surface area contributed by atoms with Crippen molar-refractivity contribution in [3.05, 3.63) is 52.0 Å². The maximum absolute atomic E-state index is 13.9. The first-order valence-electron chi connectivity index (χ1n) is 8.72. The molecule has 0 spiro atoms. The van der Waals surface area contributed by atoms with E-state index in [0.29, 0.717) is 31.9 Å². The second kappa shape index (κ2) is 7.14. The van der Waals surface area contributed by atoms with Crippen LogP contribution in [0, 0.1) is 5.82 Å². The van der Waals surface area contributed by atoms with Crippen molar-refractivity contribution in [1.82, 2.24) is 4.90 Å². The summed E-state index contributed by atoms with van der Waals surface area (Å²) in [5, 5.41) is 0. The molecule has 0 bridgehead atoms. The molecule has 2 aromatic rings. The van der Waals surface area contributed by atoms with Crippen LogP contribution in [0.4, 0.5) is 10.1 Å². The van der Waals surface area contributed by atoms with Gasteiger partial charge in [-0.3, -0.25) is 4.79 Å². The van der Waals surface area contributed by atoms with E-state index in [0.717, 1.165) is 29.2 Å². The van der Waals surface area contributed by atoms with Gasteiger partial charge in [-0.15, -0.1) is 11.3 Å². The number of nitrogens with zero attached hydrogens (tertiary/aromatic N) is 2. The highest BCUT2D eigenvalue weighted by Gasteiger charge is 2.26. The maximum atomic E-state index is 13.9. The highest BCUT2D eigenvalue weighted by atomic mass is 32.1. The zero-order valence-electron chi connectivity index (χ0n) is 14.0. The fraction of sp³-hybridized carbons (Fsp3) is 0.421. The molecule has 2 aliphatic heterocycles. The van der Waals surface area contributed by atoms with Crippen molar-refractivity contribution in [2.45, 2.75) is 18.9 Å². The number of benzene rings is 1. The van der Waals surface area contributed by atoms with Gasteiger partial charge in [0.05, 0.1) is 16.7 Å². The summed E-state index contributed by atoms with van der Waals surface area (Å²) in [4.78, 5) is 18.5. The van der Waals surface area contributed by atoms with Crippen molar-refractivity contribution >= 4 is 22.9 Å². The first-order chi connectivity index (χ1) is 12.2. The normalized spacial score (nSPS) is 20.9. The molecule has 6 heteroatoms. The molecule has 2 fully saturated rings. The summed E-state index contributed by atoms with van der Waals surface area (Å²) < 4.78 is 19.6. The Kier molecular flexibility index (Phi) is 4.72. The molecule has 25 heavy (non-hydrogen) atoms. The lowest BCUT2D eigenvalue weighted by Gasteiger charge is -2.36. The van der Waals surface area contributed by atoms with E-state index in [9.17, 15) is 9.18 Å². The molecular formula is C19H21FN2O2S. The van der Waals surface area contributed by atoms with Gasteiger partial charge in [-0.1, -0.05) is 12.1 Å². The molecule has 2 aliphatic rings. The van der Waals surface area contributed by atoms with E-state index >= 15 is 0 Å². The number of rotatable bonds is 3. The zero-order chi connectivity index (χ0) is 17.2. The van der Waals surface area contributed by atoms with Crippen molar-refractivity contribution < 1.29 is 13.9 Å². The molecule has 1 aromatic carbocycles. The van der Waals surface area contributed by atoms with Crippen LogP contribution in [0.3, 0.4) is 0 Å². The minimum atomic E-state index is -0.207. The van der Waals surface area contributed by atoms with Gasteiger partial charge in [-0.05, 0) is 37.1 Å². The predicted octanol–water partition coefficient (Wildman–Crippen LogP) is 3.70. The van der Waals surface area contributed by atoms with Crippen LogP contribution in [0.1, 0.15) is 33.5 Å². The van der Waals surface area contributed by atoms with Crippen LogP contribution < -0.4 is 4.90 Å². The third-order valence-electron chi connectivity index (χ3n) is 4.84. The van der Waals surface area contributed by atoms with Gasteiger partial charge in [0.25, 0.3) is 5.91 Å². The van der Waals surface area contributed by atoms with Crippen LogP contribution in [0.25, 0.3) is 0 Å². The summed E-state index contributed by atoms with van der Waals surface area (Å²) in [7, 11) is 0. The van der Waals surface area contributed by atoms with Gasteiger partial charge in [-0.25, -0.2) is 4.39 Å². The van der Waals surface area contributed by atoms with Gasteiger partial charge in [0, 0.05) is 37.7 Å². The van der Waals surface area contributed by atoms with Crippen LogP contribution in [-0.4, -0.2) is 43.6 Å². The molecule has 1 amide bonds. The minimum absolute atomic E-state index is 0.0717. The van der Waals surface area contributed by atoms with Gasteiger partial charge in [0.15, 0.2) is 0 Å². The first kappa shape index (κ1) is 16.5. The van der Waals surface area contributed by atoms with Crippen molar-refractivity contribution in [3.63, 3.8) is 0 Å². The van der Waals surface area contributed by atoms with Gasteiger partial charge >= 0.3 is 0 Å². The Balaban J connectivity index is 1.39. The van der Waals surface area contributed by atoms with E-state index < -0.39 is 0 Å². The molecule has 0 radical (unpaired) electrons. The number of hydrogen-bond acceptors (Lipinski definition) is 4. The lowest BCUT2D eigenvalue weighted by molar-refractivity contribution is 0.0751. The van der Waals surface area contributed by atoms with Gasteiger partial charge in [0.2, 0.25) is 0 Å². The van der Waals surface area contributed by atoms with Crippen LogP contribution in [0.2, 0.25) is 0 Å². The van der Waals surface area contributed by atoms with Gasteiger partial charge in [0.1, 0.15) is 5.82 Å². The molecule has 1 atom stereocenters. The van der Waals surface area contributed by atoms with Crippen molar-refractivity contribution in [2.75, 3.05) is 37.7 Å². The monoisotopic (exact) mass is 360 g/mol. The summed E-state index contributed by atoms with van der Waals surface area (Å²) in [6.45, 7) is 3.33. The maximum Gasteiger partial charge on any atom is 0.264 e. The molecular weight excluding hydrogens is 339 g/mol. The molecule has 0 saturated carbocycles. The van der Waals surface area contributed by atoms with Crippen molar-refractivity contribution in [3.8, 4) is 0 Å². The number of halogens is 1. The Bertz CT molecular complexity index is 749. The van der Waals surface area contributed by atoms with Crippen LogP contribution in [-0.2, 0) is 4.74 Å². The molecule has 0 N–H and O–H groups in total. The zero-order valence-corrected chi connectivity index (χ0v) is 14.8. The van der Waals surface area contributed by atoms with Crippen LogP contribution >= 0.6 is 11.3 Å². The van der Waals surface area contributed by atoms with Crippen molar-refractivity contribution in [1.29, 1.82) is 0 Å². The molecule has 4 nitrogen and oxygen atoms in total. The topological polar surface area (TPSA) is 32.8 Å². The Labute approximate surface area is 150 Å². The number of piperazine rings is 1. The quantitative estimate of drug-likeness (QED) is 0.837. The van der Waals surface area contributed by atoms with Crippen LogP contribution in [0.15, 0.2) is 36.4 Å². The van der Waals surface area contributed by atoms with E-state index in [-0.39, 0.29) is 17.8 Å². The lowest BCUT2D eigenvalue weighted by Crippen LogP contribution is -2.48. The highest BCUT2D eigenvalue weighted by Crippen LogP contribution is 2.33. The lowest BCUT2D eigenvalue weighted by atomic mass is 10.2. The smallest absolute Gasteiger partial charge is 0.264 e. The summed E-state index contributed by atoms with van der Waals surface area (Å²) in [5.41, 5.74) is 0.617. The molecule has 1 aromatic heterocycles. The number of hydrogen-bond donors (Lipinski definition) is 0. The molecule has 0 unspecified atom stereocenters. The standard InChI is InChI=1S/C19H21FN2O2S/c20-14-4-1-2-5-15(14)21-9-11-22(12-10-21)19(23)18-8-7-17(25-18)16-6-3-13-24-16/h1-2,4-5,7-8,16H,3,6,9-13H2/t16-/m1/s1. The van der Waals surface area contributed by atoms with Gasteiger partial charge < -0.3 is 14.5 Å². The largest absolute Gasteiger partial charge is 0.373 e. The average Bonchev–Trinajstić information content (AvgIpc) is 3.33. The second-order valence-electron chi connectivity index (χ2n) is 6.43. The Morgan fingerprint density at radius 3 is 2.64 bits per heavy atom. The van der Waals surface area contributed by atoms with Crippen molar-refractivity contribution in [2.24, 2.45) is 0 Å². The molecule has 4 rings (SSSR count). The summed E-state index contributed by atoms with van der Waals surface area (Å²) in [5.74, 6) is -0.135. The number of carbonyl (C=O) groups is 1. The minimum Gasteiger partial charge on any atom is -0.373 e. The number of para-hydroxylation sites is 1. The third-order valence-corrected chi connectivity index (χ3v) is 6.01. The predicted molar refractivity (Wildman–Crippen MR) is 96.8 cm³/mol. The fourth-order valence-electron chi connectivity index (χ4n) is 3.46. The van der Waals surface area contributed by atoms with E-state index in [1.54, 1.807) is 23.5 Å². The second-order valence-corrected chi connectivity index (χ2v) is 7.55. The SMILES string of the molecule is O=C(c1ccc([C@H]2CCCO2)s1)N1CCN(c2ccccc2F)CC1. The molecule has 0 aliphatic carbocycles. The summed E-state index contributed by atoms with van der Waals surface area (Å²) >= 11 is 1.54. The van der Waals surface area contributed by atoms with E-state index in [1.165, 1.54) is 6.07 Å². The Morgan fingerprint density at radius 1 is 1.12 bits per heavy atom. The number of ether oxygens (including phenoxy) is 1. The van der Waals surface area contributed by atoms with Gasteiger partial charge in [-0.2, -0.15) is 0 Å². The fourth-order valence-corrected chi connectivity index (χ4v) is 4.52. The third kappa shape index (κ3) is 3.41. The number of anilines is 1. The molecule has 3 heterocycles. The number of carbonyl (C=O) groups excluding carboxylic acids is 1. The van der Waals surface area contributed by atoms with E-state index in [4.69, 9.17) is 4.74 Å². The Hall–Kier alpha value is -1.92. The molecule has 132 valence electrons. The van der Waals surface area contributed by atoms with Crippen LogP contribution in [0.5, 0.6) is 0 Å². The first-order valence-corrected chi connectivity index (χ1v) is 9.54. The average molecular weight is 360 g/mol. The molecule has 2 saturated heterocycles. The summed E-state index contributed by atoms with van der Waals surface area (Å²) in [6, 6.07) is 10.7. The Morgan fingerprint density at radius 2 is 1.92 bits per heavy atom. The summed E-state index contributed by atoms with van der Waals surface area (Å²) in [6.07, 6.45) is 2.28. The number of amides is 1. The highest BCUT2D eigenvalue weighted by molar-refractivity contribution is 7.14. The van der Waals surface area contributed by atoms with E-state index in [2.05, 4.69) is 0 Å².